The number of nitrogens with zero attached hydrogens (tertiary/aromatic N) is 6. The lowest BCUT2D eigenvalue weighted by atomic mass is 9.80. The lowest BCUT2D eigenvalue weighted by molar-refractivity contribution is -0.0498. The van der Waals surface area contributed by atoms with E-state index < -0.39 is 13.7 Å². The summed E-state index contributed by atoms with van der Waals surface area (Å²) in [7, 11) is -1.14. The van der Waals surface area contributed by atoms with E-state index in [0.717, 1.165) is 54.3 Å². The Labute approximate surface area is 245 Å². The number of halogens is 1. The first-order valence-electron chi connectivity index (χ1n) is 14.0. The van der Waals surface area contributed by atoms with Gasteiger partial charge in [0.05, 0.1) is 46.8 Å². The first-order chi connectivity index (χ1) is 19.6. The molecule has 214 valence electrons. The van der Waals surface area contributed by atoms with Crippen LogP contribution >= 0.6 is 11.6 Å². The number of aliphatic hydroxyl groups is 1. The maximum atomic E-state index is 10.5. The van der Waals surface area contributed by atoms with Crippen molar-refractivity contribution in [2.75, 3.05) is 6.61 Å². The zero-order valence-corrected chi connectivity index (χ0v) is 25.6. The van der Waals surface area contributed by atoms with Crippen LogP contribution in [0, 0.1) is 6.92 Å². The molecule has 1 aliphatic carbocycles. The zero-order chi connectivity index (χ0) is 28.8. The third-order valence-corrected chi connectivity index (χ3v) is 9.71. The van der Waals surface area contributed by atoms with Gasteiger partial charge in [-0.25, -0.2) is 9.97 Å². The number of aryl methyl sites for hydroxylation is 1. The molecule has 0 saturated heterocycles. The number of aromatic nitrogens is 6. The van der Waals surface area contributed by atoms with Gasteiger partial charge in [0.1, 0.15) is 34.6 Å². The largest absolute Gasteiger partial charge is 0.456 e. The molecule has 41 heavy (non-hydrogen) atoms. The second kappa shape index (κ2) is 10.8. The second-order valence-corrected chi connectivity index (χ2v) is 18.2. The molecule has 0 spiro atoms. The third kappa shape index (κ3) is 6.01. The van der Waals surface area contributed by atoms with Gasteiger partial charge >= 0.3 is 0 Å². The minimum Gasteiger partial charge on any atom is -0.456 e. The van der Waals surface area contributed by atoms with E-state index >= 15 is 0 Å². The predicted molar refractivity (Wildman–Crippen MR) is 163 cm³/mol. The summed E-state index contributed by atoms with van der Waals surface area (Å²) in [4.78, 5) is 14.1. The van der Waals surface area contributed by atoms with Gasteiger partial charge < -0.3 is 19.1 Å². The average Bonchev–Trinajstić information content (AvgIpc) is 3.50. The van der Waals surface area contributed by atoms with Crippen molar-refractivity contribution in [3.05, 3.63) is 59.8 Å². The molecule has 1 fully saturated rings. The first-order valence-corrected chi connectivity index (χ1v) is 18.1. The third-order valence-electron chi connectivity index (χ3n) is 7.64. The summed E-state index contributed by atoms with van der Waals surface area (Å²) in [6, 6.07) is 10.6. The SMILES string of the molecule is Cc1nc2cc(Oc3ccc4ncc(-c5cnn(CC6(O)CCC6)c5)nc4c3Cl)ccc2n1COCC[Si](C)(C)C. The smallest absolute Gasteiger partial charge is 0.148 e. The molecule has 11 heteroatoms. The van der Waals surface area contributed by atoms with E-state index in [9.17, 15) is 5.11 Å². The molecule has 9 nitrogen and oxygen atoms in total. The van der Waals surface area contributed by atoms with Crippen molar-refractivity contribution in [3.8, 4) is 22.8 Å². The molecule has 5 aromatic rings. The maximum Gasteiger partial charge on any atom is 0.148 e. The molecule has 1 aliphatic rings. The normalized spacial score (nSPS) is 15.0. The van der Waals surface area contributed by atoms with Gasteiger partial charge in [-0.15, -0.1) is 0 Å². The number of benzene rings is 2. The molecule has 1 N–H and O–H groups in total. The van der Waals surface area contributed by atoms with Gasteiger partial charge in [-0.1, -0.05) is 31.2 Å². The highest BCUT2D eigenvalue weighted by Crippen LogP contribution is 2.36. The van der Waals surface area contributed by atoms with Crippen molar-refractivity contribution in [1.82, 2.24) is 29.3 Å². The molecule has 3 heterocycles. The average molecular weight is 591 g/mol. The summed E-state index contributed by atoms with van der Waals surface area (Å²) in [5.74, 6) is 2.00. The highest BCUT2D eigenvalue weighted by atomic mass is 35.5. The summed E-state index contributed by atoms with van der Waals surface area (Å²) >= 11 is 6.81. The molecule has 0 radical (unpaired) electrons. The van der Waals surface area contributed by atoms with Gasteiger partial charge in [0.2, 0.25) is 0 Å². The molecule has 0 amide bonds. The summed E-state index contributed by atoms with van der Waals surface area (Å²) in [6.07, 6.45) is 7.98. The van der Waals surface area contributed by atoms with E-state index in [-0.39, 0.29) is 0 Å². The van der Waals surface area contributed by atoms with Crippen molar-refractivity contribution in [3.63, 3.8) is 0 Å². The molecule has 0 bridgehead atoms. The van der Waals surface area contributed by atoms with Crippen molar-refractivity contribution >= 4 is 41.7 Å². The molecule has 1 saturated carbocycles. The molecule has 3 aromatic heterocycles. The van der Waals surface area contributed by atoms with Crippen LogP contribution in [-0.2, 0) is 18.0 Å². The Morgan fingerprint density at radius 3 is 2.66 bits per heavy atom. The summed E-state index contributed by atoms with van der Waals surface area (Å²) in [6.45, 7) is 10.7. The Morgan fingerprint density at radius 2 is 1.90 bits per heavy atom. The quantitative estimate of drug-likeness (QED) is 0.141. The molecule has 2 aromatic carbocycles. The molecular formula is C30H35ClN6O3Si. The number of ether oxygens (including phenoxy) is 2. The van der Waals surface area contributed by atoms with Crippen LogP contribution in [0.5, 0.6) is 11.5 Å². The van der Waals surface area contributed by atoms with E-state index in [2.05, 4.69) is 34.3 Å². The Morgan fingerprint density at radius 1 is 1.07 bits per heavy atom. The lowest BCUT2D eigenvalue weighted by Crippen LogP contribution is -2.41. The van der Waals surface area contributed by atoms with Crippen LogP contribution in [0.3, 0.4) is 0 Å². The van der Waals surface area contributed by atoms with Gasteiger partial charge in [0.15, 0.2) is 0 Å². The van der Waals surface area contributed by atoms with Crippen LogP contribution in [0.25, 0.3) is 33.3 Å². The topological polar surface area (TPSA) is 100 Å². The second-order valence-electron chi connectivity index (χ2n) is 12.2. The standard InChI is InChI=1S/C30H35ClN6O3Si/c1-20-34-24-14-22(6-8-26(24)37(20)19-39-12-13-41(2,3)4)40-27-9-7-23-29(28(27)31)35-25(16-32-23)21-15-33-36(17-21)18-30(38)10-5-11-30/h6-9,14-17,38H,5,10-13,18-19H2,1-4H3. The first kappa shape index (κ1) is 27.8. The molecule has 0 atom stereocenters. The Balaban J connectivity index is 1.21. The molecule has 0 aliphatic heterocycles. The Bertz CT molecular complexity index is 1720. The molecule has 6 rings (SSSR count). The minimum absolute atomic E-state index is 0.380. The van der Waals surface area contributed by atoms with E-state index in [4.69, 9.17) is 31.0 Å². The van der Waals surface area contributed by atoms with E-state index in [1.54, 1.807) is 23.1 Å². The lowest BCUT2D eigenvalue weighted by Gasteiger charge is -2.36. The van der Waals surface area contributed by atoms with E-state index in [1.165, 1.54) is 0 Å². The van der Waals surface area contributed by atoms with Crippen LogP contribution < -0.4 is 4.74 Å². The van der Waals surface area contributed by atoms with Gasteiger partial charge in [-0.05, 0) is 56.5 Å². The Kier molecular flexibility index (Phi) is 7.35. The van der Waals surface area contributed by atoms with Crippen LogP contribution in [0.2, 0.25) is 30.7 Å². The maximum absolute atomic E-state index is 10.5. The number of hydrogen-bond acceptors (Lipinski definition) is 7. The van der Waals surface area contributed by atoms with Crippen LogP contribution in [0.4, 0.5) is 0 Å². The van der Waals surface area contributed by atoms with Crippen molar-refractivity contribution in [2.45, 2.75) is 70.7 Å². The van der Waals surface area contributed by atoms with E-state index in [0.29, 0.717) is 46.5 Å². The van der Waals surface area contributed by atoms with Gasteiger partial charge in [-0.3, -0.25) is 9.67 Å². The summed E-state index contributed by atoms with van der Waals surface area (Å²) in [5, 5.41) is 15.3. The Hall–Kier alpha value is -3.31. The highest BCUT2D eigenvalue weighted by molar-refractivity contribution is 6.76. The summed E-state index contributed by atoms with van der Waals surface area (Å²) < 4.78 is 16.0. The predicted octanol–water partition coefficient (Wildman–Crippen LogP) is 6.82. The van der Waals surface area contributed by atoms with Crippen molar-refractivity contribution in [2.24, 2.45) is 0 Å². The van der Waals surface area contributed by atoms with E-state index in [1.807, 2.05) is 37.4 Å². The fourth-order valence-corrected chi connectivity index (χ4v) is 5.99. The van der Waals surface area contributed by atoms with Gasteiger partial charge in [0, 0.05) is 32.5 Å². The summed E-state index contributed by atoms with van der Waals surface area (Å²) in [5.41, 5.74) is 3.84. The number of fused-ring (bicyclic) bond motifs is 2. The van der Waals surface area contributed by atoms with Gasteiger partial charge in [-0.2, -0.15) is 5.10 Å². The fourth-order valence-electron chi connectivity index (χ4n) is 4.99. The van der Waals surface area contributed by atoms with Crippen molar-refractivity contribution in [1.29, 1.82) is 0 Å². The zero-order valence-electron chi connectivity index (χ0n) is 23.9. The fraction of sp³-hybridized carbons (Fsp3) is 0.400. The monoisotopic (exact) mass is 590 g/mol. The highest BCUT2D eigenvalue weighted by Gasteiger charge is 2.35. The minimum atomic E-state index is -1.14. The number of hydrogen-bond donors (Lipinski definition) is 1. The van der Waals surface area contributed by atoms with Gasteiger partial charge in [0.25, 0.3) is 0 Å². The van der Waals surface area contributed by atoms with Crippen LogP contribution in [0.15, 0.2) is 48.9 Å². The molecular weight excluding hydrogens is 556 g/mol. The number of imidazole rings is 1. The number of rotatable bonds is 10. The van der Waals surface area contributed by atoms with Crippen molar-refractivity contribution < 1.29 is 14.6 Å². The van der Waals surface area contributed by atoms with Crippen LogP contribution in [0.1, 0.15) is 25.1 Å². The van der Waals surface area contributed by atoms with Crippen LogP contribution in [-0.4, -0.2) is 54.7 Å². The molecule has 0 unspecified atom stereocenters.